The van der Waals surface area contributed by atoms with Gasteiger partial charge in [-0.25, -0.2) is 0 Å². The third kappa shape index (κ3) is 2.54. The maximum atomic E-state index is 12.3. The van der Waals surface area contributed by atoms with Crippen LogP contribution in [-0.2, 0) is 9.59 Å². The highest BCUT2D eigenvalue weighted by Crippen LogP contribution is 2.38. The Morgan fingerprint density at radius 1 is 1.42 bits per heavy atom. The first-order valence-corrected chi connectivity index (χ1v) is 6.15. The van der Waals surface area contributed by atoms with Crippen molar-refractivity contribution in [2.45, 2.75) is 32.8 Å². The topological polar surface area (TPSA) is 66.8 Å². The molecule has 102 valence electrons. The SMILES string of the molecule is Cc1ccc2c(c1)N(CCC(=O)O)C(=O)C(C)(C)O2. The summed E-state index contributed by atoms with van der Waals surface area (Å²) in [5.41, 5.74) is 0.668. The molecule has 0 unspecified atom stereocenters. The number of amides is 1. The number of fused-ring (bicyclic) bond motifs is 1. The molecule has 0 fully saturated rings. The molecule has 0 aliphatic carbocycles. The summed E-state index contributed by atoms with van der Waals surface area (Å²) in [6.07, 6.45) is -0.0881. The van der Waals surface area contributed by atoms with Crippen LogP contribution in [0.25, 0.3) is 0 Å². The second-order valence-corrected chi connectivity index (χ2v) is 5.18. The van der Waals surface area contributed by atoms with Gasteiger partial charge in [-0.2, -0.15) is 0 Å². The molecular formula is C14H17NO4. The summed E-state index contributed by atoms with van der Waals surface area (Å²) >= 11 is 0. The molecule has 1 aromatic rings. The molecule has 1 aliphatic heterocycles. The molecule has 5 nitrogen and oxygen atoms in total. The fourth-order valence-electron chi connectivity index (χ4n) is 2.11. The number of carbonyl (C=O) groups is 2. The number of hydrogen-bond donors (Lipinski definition) is 1. The largest absolute Gasteiger partial charge is 0.481 e. The van der Waals surface area contributed by atoms with Crippen molar-refractivity contribution in [1.29, 1.82) is 0 Å². The second-order valence-electron chi connectivity index (χ2n) is 5.18. The van der Waals surface area contributed by atoms with E-state index >= 15 is 0 Å². The molecule has 1 aromatic carbocycles. The molecule has 0 spiro atoms. The van der Waals surface area contributed by atoms with Crippen LogP contribution in [0.15, 0.2) is 18.2 Å². The normalized spacial score (nSPS) is 16.8. The lowest BCUT2D eigenvalue weighted by Gasteiger charge is -2.38. The number of hydrogen-bond acceptors (Lipinski definition) is 3. The van der Waals surface area contributed by atoms with Crippen molar-refractivity contribution in [3.8, 4) is 5.75 Å². The number of carboxylic acids is 1. The van der Waals surface area contributed by atoms with Gasteiger partial charge in [-0.3, -0.25) is 9.59 Å². The van der Waals surface area contributed by atoms with Gasteiger partial charge in [0, 0.05) is 6.54 Å². The van der Waals surface area contributed by atoms with Crippen LogP contribution in [0.5, 0.6) is 5.75 Å². The monoisotopic (exact) mass is 263 g/mol. The van der Waals surface area contributed by atoms with Crippen molar-refractivity contribution in [3.05, 3.63) is 23.8 Å². The van der Waals surface area contributed by atoms with Crippen LogP contribution >= 0.6 is 0 Å². The quantitative estimate of drug-likeness (QED) is 0.905. The van der Waals surface area contributed by atoms with Crippen LogP contribution in [0.2, 0.25) is 0 Å². The Hall–Kier alpha value is -2.04. The Morgan fingerprint density at radius 3 is 2.74 bits per heavy atom. The number of benzene rings is 1. The van der Waals surface area contributed by atoms with Crippen molar-refractivity contribution >= 4 is 17.6 Å². The van der Waals surface area contributed by atoms with Gasteiger partial charge in [0.05, 0.1) is 12.1 Å². The Balaban J connectivity index is 2.41. The van der Waals surface area contributed by atoms with Gasteiger partial charge in [-0.15, -0.1) is 0 Å². The minimum Gasteiger partial charge on any atom is -0.481 e. The van der Waals surface area contributed by atoms with E-state index in [1.54, 1.807) is 13.8 Å². The van der Waals surface area contributed by atoms with Gasteiger partial charge >= 0.3 is 5.97 Å². The number of anilines is 1. The molecule has 0 aromatic heterocycles. The van der Waals surface area contributed by atoms with Gasteiger partial charge in [0.15, 0.2) is 5.60 Å². The number of aryl methyl sites for hydroxylation is 1. The Kier molecular flexibility index (Phi) is 3.22. The highest BCUT2D eigenvalue weighted by molar-refractivity contribution is 6.02. The summed E-state index contributed by atoms with van der Waals surface area (Å²) in [6.45, 7) is 5.44. The minimum atomic E-state index is -0.971. The third-order valence-corrected chi connectivity index (χ3v) is 3.08. The first-order chi connectivity index (χ1) is 8.81. The standard InChI is InChI=1S/C14H17NO4/c1-9-4-5-11-10(8-9)15(7-6-12(16)17)13(18)14(2,3)19-11/h4-5,8H,6-7H2,1-3H3,(H,16,17). The van der Waals surface area contributed by atoms with Crippen LogP contribution in [0.1, 0.15) is 25.8 Å². The lowest BCUT2D eigenvalue weighted by molar-refractivity contribution is -0.137. The number of carboxylic acid groups (broad SMARTS) is 1. The van der Waals surface area contributed by atoms with Crippen LogP contribution in [-0.4, -0.2) is 29.1 Å². The zero-order chi connectivity index (χ0) is 14.2. The van der Waals surface area contributed by atoms with E-state index in [1.807, 2.05) is 25.1 Å². The highest BCUT2D eigenvalue weighted by Gasteiger charge is 2.40. The minimum absolute atomic E-state index is 0.0881. The van der Waals surface area contributed by atoms with Gasteiger partial charge in [-0.05, 0) is 38.5 Å². The third-order valence-electron chi connectivity index (χ3n) is 3.08. The molecule has 1 N–H and O–H groups in total. The molecule has 0 radical (unpaired) electrons. The summed E-state index contributed by atoms with van der Waals surface area (Å²) in [5.74, 6) is -0.529. The summed E-state index contributed by atoms with van der Waals surface area (Å²) in [7, 11) is 0. The Labute approximate surface area is 111 Å². The lowest BCUT2D eigenvalue weighted by Crippen LogP contribution is -2.53. The zero-order valence-corrected chi connectivity index (χ0v) is 11.3. The van der Waals surface area contributed by atoms with Crippen molar-refractivity contribution in [3.63, 3.8) is 0 Å². The van der Waals surface area contributed by atoms with E-state index < -0.39 is 11.6 Å². The number of carbonyl (C=O) groups excluding carboxylic acids is 1. The molecule has 19 heavy (non-hydrogen) atoms. The predicted octanol–water partition coefficient (Wildman–Crippen LogP) is 1.97. The first-order valence-electron chi connectivity index (χ1n) is 6.15. The van der Waals surface area contributed by atoms with Gasteiger partial charge in [0.1, 0.15) is 5.75 Å². The van der Waals surface area contributed by atoms with E-state index in [1.165, 1.54) is 4.90 Å². The highest BCUT2D eigenvalue weighted by atomic mass is 16.5. The van der Waals surface area contributed by atoms with E-state index in [0.29, 0.717) is 11.4 Å². The van der Waals surface area contributed by atoms with Gasteiger partial charge in [-0.1, -0.05) is 6.07 Å². The van der Waals surface area contributed by atoms with E-state index in [0.717, 1.165) is 5.56 Å². The summed E-state index contributed by atoms with van der Waals surface area (Å²) < 4.78 is 5.68. The van der Waals surface area contributed by atoms with Crippen LogP contribution in [0, 0.1) is 6.92 Å². The summed E-state index contributed by atoms with van der Waals surface area (Å²) in [6, 6.07) is 5.55. The molecule has 1 aliphatic rings. The fourth-order valence-corrected chi connectivity index (χ4v) is 2.11. The summed E-state index contributed by atoms with van der Waals surface area (Å²) in [5, 5.41) is 8.79. The van der Waals surface area contributed by atoms with Crippen molar-refractivity contribution in [1.82, 2.24) is 0 Å². The molecule has 1 amide bonds. The van der Waals surface area contributed by atoms with E-state index in [9.17, 15) is 9.59 Å². The van der Waals surface area contributed by atoms with Crippen molar-refractivity contribution < 1.29 is 19.4 Å². The van der Waals surface area contributed by atoms with Crippen molar-refractivity contribution in [2.75, 3.05) is 11.4 Å². The van der Waals surface area contributed by atoms with E-state index in [2.05, 4.69) is 0 Å². The molecule has 5 heteroatoms. The number of aliphatic carboxylic acids is 1. The second kappa shape index (κ2) is 4.57. The molecule has 0 bridgehead atoms. The van der Waals surface area contributed by atoms with E-state index in [4.69, 9.17) is 9.84 Å². The molecule has 2 rings (SSSR count). The van der Waals surface area contributed by atoms with Gasteiger partial charge in [0.2, 0.25) is 0 Å². The maximum Gasteiger partial charge on any atom is 0.305 e. The zero-order valence-electron chi connectivity index (χ0n) is 11.3. The van der Waals surface area contributed by atoms with Gasteiger partial charge in [0.25, 0.3) is 5.91 Å². The summed E-state index contributed by atoms with van der Waals surface area (Å²) in [4.78, 5) is 24.6. The fraction of sp³-hybridized carbons (Fsp3) is 0.429. The number of ether oxygens (including phenoxy) is 1. The Bertz CT molecular complexity index is 536. The average Bonchev–Trinajstić information content (AvgIpc) is 2.30. The molecule has 0 saturated carbocycles. The molecule has 1 heterocycles. The molecule has 0 saturated heterocycles. The van der Waals surface area contributed by atoms with E-state index in [-0.39, 0.29) is 18.9 Å². The van der Waals surface area contributed by atoms with Crippen LogP contribution in [0.4, 0.5) is 5.69 Å². The average molecular weight is 263 g/mol. The van der Waals surface area contributed by atoms with Crippen molar-refractivity contribution in [2.24, 2.45) is 0 Å². The number of rotatable bonds is 3. The molecule has 0 atom stereocenters. The number of nitrogens with zero attached hydrogens (tertiary/aromatic N) is 1. The smallest absolute Gasteiger partial charge is 0.305 e. The van der Waals surface area contributed by atoms with Crippen LogP contribution < -0.4 is 9.64 Å². The predicted molar refractivity (Wildman–Crippen MR) is 70.5 cm³/mol. The molecular weight excluding hydrogens is 246 g/mol. The lowest BCUT2D eigenvalue weighted by atomic mass is 10.0. The van der Waals surface area contributed by atoms with Gasteiger partial charge < -0.3 is 14.7 Å². The Morgan fingerprint density at radius 2 is 2.11 bits per heavy atom. The maximum absolute atomic E-state index is 12.3. The van der Waals surface area contributed by atoms with Crippen LogP contribution in [0.3, 0.4) is 0 Å². The first kappa shape index (κ1) is 13.4.